The van der Waals surface area contributed by atoms with E-state index in [1.165, 1.54) is 6.92 Å². The van der Waals surface area contributed by atoms with E-state index >= 15 is 0 Å². The minimum Gasteiger partial charge on any atom is -0.459 e. The highest BCUT2D eigenvalue weighted by molar-refractivity contribution is 6.04. The maximum atomic E-state index is 12.9. The lowest BCUT2D eigenvalue weighted by Crippen LogP contribution is -2.65. The van der Waals surface area contributed by atoms with Gasteiger partial charge in [-0.15, -0.1) is 0 Å². The summed E-state index contributed by atoms with van der Waals surface area (Å²) in [5, 5.41) is 45.0. The highest BCUT2D eigenvalue weighted by Crippen LogP contribution is 2.75. The molecule has 0 aliphatic heterocycles. The molecule has 2 fully saturated rings. The summed E-state index contributed by atoms with van der Waals surface area (Å²) in [6, 6.07) is 0. The Morgan fingerprint density at radius 1 is 1.24 bits per heavy atom. The number of carbonyl (C=O) groups is 2. The zero-order chi connectivity index (χ0) is 21.7. The summed E-state index contributed by atoms with van der Waals surface area (Å²) >= 11 is 0. The quantitative estimate of drug-likeness (QED) is 0.389. The molecule has 0 radical (unpaired) electrons. The Bertz CT molecular complexity index is 857. The molecule has 160 valence electrons. The molecule has 0 aromatic rings. The van der Waals surface area contributed by atoms with Crippen LogP contribution in [0.5, 0.6) is 0 Å². The smallest absolute Gasteiger partial charge is 0.303 e. The predicted molar refractivity (Wildman–Crippen MR) is 102 cm³/mol. The first-order valence-corrected chi connectivity index (χ1v) is 10.2. The first-order chi connectivity index (χ1) is 13.3. The Balaban J connectivity index is 1.95. The fourth-order valence-electron chi connectivity index (χ4n) is 6.79. The van der Waals surface area contributed by atoms with Crippen LogP contribution in [0.1, 0.15) is 41.0 Å². The zero-order valence-corrected chi connectivity index (χ0v) is 17.5. The number of hydrogen-bond donors (Lipinski definition) is 4. The van der Waals surface area contributed by atoms with Crippen molar-refractivity contribution in [1.82, 2.24) is 0 Å². The number of hydrogen-bond acceptors (Lipinski definition) is 7. The molecule has 7 nitrogen and oxygen atoms in total. The summed E-state index contributed by atoms with van der Waals surface area (Å²) in [6.07, 6.45) is 2.25. The molecule has 7 heteroatoms. The standard InChI is InChI=1S/C22H30O7/c1-10-6-15-20(26,17(10)25)8-13(9-23)7-14-16-19(4,5)22(16,28)18(29-12(3)24)11(2)21(14,15)27/h6-7,11,14-16,18,23,26-28H,8-9H2,1-5H3/t11-,14+,15+,16-,18-,20-,21-,22-/m1/s1. The third-order valence-electron chi connectivity index (χ3n) is 8.30. The van der Waals surface area contributed by atoms with Crippen molar-refractivity contribution in [2.45, 2.75) is 63.9 Å². The van der Waals surface area contributed by atoms with Gasteiger partial charge in [0.25, 0.3) is 0 Å². The van der Waals surface area contributed by atoms with Gasteiger partial charge in [0.05, 0.1) is 12.2 Å². The van der Waals surface area contributed by atoms with Gasteiger partial charge in [0.2, 0.25) is 0 Å². The summed E-state index contributed by atoms with van der Waals surface area (Å²) in [4.78, 5) is 24.7. The lowest BCUT2D eigenvalue weighted by Gasteiger charge is -2.52. The van der Waals surface area contributed by atoms with Crippen LogP contribution in [-0.2, 0) is 14.3 Å². The molecule has 29 heavy (non-hydrogen) atoms. The Hall–Kier alpha value is -1.54. The van der Waals surface area contributed by atoms with Crippen molar-refractivity contribution in [3.05, 3.63) is 23.3 Å². The summed E-state index contributed by atoms with van der Waals surface area (Å²) < 4.78 is 5.53. The molecule has 4 rings (SSSR count). The highest BCUT2D eigenvalue weighted by Gasteiger charge is 2.85. The molecule has 0 aromatic heterocycles. The number of esters is 1. The molecule has 4 N–H and O–H groups in total. The van der Waals surface area contributed by atoms with E-state index < -0.39 is 63.7 Å². The predicted octanol–water partition coefficient (Wildman–Crippen LogP) is 0.501. The van der Waals surface area contributed by atoms with E-state index in [4.69, 9.17) is 4.74 Å². The monoisotopic (exact) mass is 406 g/mol. The Labute approximate surface area is 170 Å². The van der Waals surface area contributed by atoms with Gasteiger partial charge < -0.3 is 25.2 Å². The van der Waals surface area contributed by atoms with Gasteiger partial charge in [-0.2, -0.15) is 0 Å². The van der Waals surface area contributed by atoms with Crippen LogP contribution in [0.2, 0.25) is 0 Å². The minimum atomic E-state index is -1.88. The number of fused-ring (bicyclic) bond motifs is 5. The average molecular weight is 406 g/mol. The van der Waals surface area contributed by atoms with E-state index in [1.807, 2.05) is 13.8 Å². The molecule has 0 unspecified atom stereocenters. The van der Waals surface area contributed by atoms with Gasteiger partial charge >= 0.3 is 5.97 Å². The molecule has 0 spiro atoms. The van der Waals surface area contributed by atoms with Crippen molar-refractivity contribution >= 4 is 11.8 Å². The van der Waals surface area contributed by atoms with Crippen LogP contribution in [0, 0.1) is 29.1 Å². The summed E-state index contributed by atoms with van der Waals surface area (Å²) in [6.45, 7) is 7.90. The third kappa shape index (κ3) is 2.22. The van der Waals surface area contributed by atoms with Gasteiger partial charge in [-0.1, -0.05) is 32.9 Å². The Kier molecular flexibility index (Phi) is 4.13. The fraction of sp³-hybridized carbons (Fsp3) is 0.727. The normalized spacial score (nSPS) is 49.8. The molecule has 8 atom stereocenters. The molecule has 0 bridgehead atoms. The number of aliphatic hydroxyl groups excluding tert-OH is 1. The first kappa shape index (κ1) is 20.7. The maximum Gasteiger partial charge on any atom is 0.303 e. The van der Waals surface area contributed by atoms with Gasteiger partial charge in [-0.05, 0) is 18.1 Å². The van der Waals surface area contributed by atoms with Crippen LogP contribution in [0.25, 0.3) is 0 Å². The van der Waals surface area contributed by atoms with Crippen LogP contribution in [0.15, 0.2) is 23.3 Å². The minimum absolute atomic E-state index is 0.0871. The highest BCUT2D eigenvalue weighted by atomic mass is 16.6. The molecule has 4 aliphatic rings. The maximum absolute atomic E-state index is 12.9. The third-order valence-corrected chi connectivity index (χ3v) is 8.30. The van der Waals surface area contributed by atoms with E-state index in [0.717, 1.165) is 0 Å². The molecule has 0 saturated heterocycles. The van der Waals surface area contributed by atoms with Crippen LogP contribution < -0.4 is 0 Å². The molecule has 4 aliphatic carbocycles. The number of ether oxygens (including phenoxy) is 1. The number of aliphatic hydroxyl groups is 4. The topological polar surface area (TPSA) is 124 Å². The van der Waals surface area contributed by atoms with E-state index in [-0.39, 0.29) is 13.0 Å². The lowest BCUT2D eigenvalue weighted by molar-refractivity contribution is -0.220. The molecule has 0 amide bonds. The second-order valence-electron chi connectivity index (χ2n) is 10.00. The van der Waals surface area contributed by atoms with Gasteiger partial charge in [0, 0.05) is 42.4 Å². The Morgan fingerprint density at radius 2 is 1.86 bits per heavy atom. The molecular formula is C22H30O7. The van der Waals surface area contributed by atoms with Crippen LogP contribution in [0.3, 0.4) is 0 Å². The average Bonchev–Trinajstić information content (AvgIpc) is 3.02. The molecule has 0 aromatic carbocycles. The van der Waals surface area contributed by atoms with Gasteiger partial charge in [0.15, 0.2) is 5.78 Å². The summed E-state index contributed by atoms with van der Waals surface area (Å²) in [5.41, 5.74) is -4.74. The lowest BCUT2D eigenvalue weighted by atomic mass is 9.59. The first-order valence-electron chi connectivity index (χ1n) is 10.2. The van der Waals surface area contributed by atoms with Gasteiger partial charge in [-0.3, -0.25) is 9.59 Å². The molecular weight excluding hydrogens is 376 g/mol. The SMILES string of the molecule is CC(=O)O[C@@H]1[C@@H](C)[C@]2(O)[C@H]3C=C(C)C(=O)[C@@]3(O)CC(CO)=C[C@H]2[C@@H]2C(C)(C)[C@]12O. The van der Waals surface area contributed by atoms with Crippen molar-refractivity contribution in [3.63, 3.8) is 0 Å². The zero-order valence-electron chi connectivity index (χ0n) is 17.5. The number of carbonyl (C=O) groups excluding carboxylic acids is 2. The van der Waals surface area contributed by atoms with E-state index in [0.29, 0.717) is 11.1 Å². The van der Waals surface area contributed by atoms with Gasteiger partial charge in [-0.25, -0.2) is 0 Å². The number of ketones is 1. The van der Waals surface area contributed by atoms with E-state index in [2.05, 4.69) is 0 Å². The Morgan fingerprint density at radius 3 is 2.41 bits per heavy atom. The van der Waals surface area contributed by atoms with Crippen molar-refractivity contribution in [3.8, 4) is 0 Å². The van der Waals surface area contributed by atoms with Crippen LogP contribution in [-0.4, -0.2) is 61.7 Å². The van der Waals surface area contributed by atoms with Crippen molar-refractivity contribution < 1.29 is 34.8 Å². The van der Waals surface area contributed by atoms with Gasteiger partial charge in [0.1, 0.15) is 17.3 Å². The second-order valence-corrected chi connectivity index (χ2v) is 10.00. The number of rotatable bonds is 2. The van der Waals surface area contributed by atoms with E-state index in [9.17, 15) is 30.0 Å². The van der Waals surface area contributed by atoms with E-state index in [1.54, 1.807) is 26.0 Å². The summed E-state index contributed by atoms with van der Waals surface area (Å²) in [5.74, 6) is -3.83. The van der Waals surface area contributed by atoms with Crippen molar-refractivity contribution in [2.24, 2.45) is 29.1 Å². The largest absolute Gasteiger partial charge is 0.459 e. The fourth-order valence-corrected chi connectivity index (χ4v) is 6.79. The molecule has 2 saturated carbocycles. The van der Waals surface area contributed by atoms with Crippen LogP contribution in [0.4, 0.5) is 0 Å². The summed E-state index contributed by atoms with van der Waals surface area (Å²) in [7, 11) is 0. The molecule has 0 heterocycles. The number of Topliss-reactive ketones (excluding diaryl/α,β-unsaturated/α-hetero) is 1. The van der Waals surface area contributed by atoms with Crippen molar-refractivity contribution in [1.29, 1.82) is 0 Å². The van der Waals surface area contributed by atoms with Crippen LogP contribution >= 0.6 is 0 Å². The van der Waals surface area contributed by atoms with Crippen molar-refractivity contribution in [2.75, 3.05) is 6.61 Å². The second kappa shape index (κ2) is 5.78.